The molecule has 0 radical (unpaired) electrons. The van der Waals surface area contributed by atoms with Gasteiger partial charge in [-0.05, 0) is 43.5 Å². The smallest absolute Gasteiger partial charge is 0.337 e. The van der Waals surface area contributed by atoms with Crippen LogP contribution in [0, 0.1) is 6.92 Å². The predicted octanol–water partition coefficient (Wildman–Crippen LogP) is 3.47. The van der Waals surface area contributed by atoms with Gasteiger partial charge in [-0.1, -0.05) is 29.8 Å². The molecule has 1 aromatic carbocycles. The van der Waals surface area contributed by atoms with Crippen molar-refractivity contribution in [1.29, 1.82) is 0 Å². The van der Waals surface area contributed by atoms with E-state index in [1.807, 2.05) is 31.2 Å². The molecule has 0 unspecified atom stereocenters. The summed E-state index contributed by atoms with van der Waals surface area (Å²) < 4.78 is 26.9. The van der Waals surface area contributed by atoms with E-state index in [1.165, 1.54) is 10.4 Å². The van der Waals surface area contributed by atoms with Gasteiger partial charge in [0.15, 0.2) is 0 Å². The number of rotatable bonds is 5. The SMILES string of the molecule is Cc1cccc(/C=C(/C(=O)O)c2ccc(S(=O)(=O)N3CCCC3)s2)c1. The molecular weight excluding hydrogens is 358 g/mol. The van der Waals surface area contributed by atoms with Crippen LogP contribution in [0.1, 0.15) is 28.8 Å². The minimum atomic E-state index is -3.52. The number of thiophene rings is 1. The highest BCUT2D eigenvalue weighted by atomic mass is 32.2. The molecule has 1 aromatic heterocycles. The maximum Gasteiger partial charge on any atom is 0.337 e. The maximum atomic E-state index is 12.6. The molecule has 3 rings (SSSR count). The number of carboxylic acid groups (broad SMARTS) is 1. The minimum absolute atomic E-state index is 0.0958. The largest absolute Gasteiger partial charge is 0.478 e. The van der Waals surface area contributed by atoms with Crippen LogP contribution in [0.3, 0.4) is 0 Å². The average molecular weight is 377 g/mol. The van der Waals surface area contributed by atoms with Gasteiger partial charge in [0.1, 0.15) is 4.21 Å². The first kappa shape index (κ1) is 17.8. The van der Waals surface area contributed by atoms with Crippen molar-refractivity contribution in [1.82, 2.24) is 4.31 Å². The van der Waals surface area contributed by atoms with Crippen molar-refractivity contribution >= 4 is 39.0 Å². The lowest BCUT2D eigenvalue weighted by Gasteiger charge is -2.13. The van der Waals surface area contributed by atoms with Gasteiger partial charge in [-0.25, -0.2) is 13.2 Å². The lowest BCUT2D eigenvalue weighted by molar-refractivity contribution is -0.130. The molecule has 25 heavy (non-hydrogen) atoms. The molecule has 0 spiro atoms. The molecule has 7 heteroatoms. The van der Waals surface area contributed by atoms with E-state index in [9.17, 15) is 18.3 Å². The summed E-state index contributed by atoms with van der Waals surface area (Å²) in [4.78, 5) is 12.1. The lowest BCUT2D eigenvalue weighted by atomic mass is 10.1. The third-order valence-corrected chi connectivity index (χ3v) is 7.57. The van der Waals surface area contributed by atoms with Gasteiger partial charge in [0.2, 0.25) is 0 Å². The zero-order valence-electron chi connectivity index (χ0n) is 13.8. The van der Waals surface area contributed by atoms with E-state index >= 15 is 0 Å². The highest BCUT2D eigenvalue weighted by Crippen LogP contribution is 2.32. The molecule has 1 saturated heterocycles. The zero-order valence-corrected chi connectivity index (χ0v) is 15.4. The molecule has 2 heterocycles. The Labute approximate surface area is 151 Å². The Morgan fingerprint density at radius 2 is 1.92 bits per heavy atom. The van der Waals surface area contributed by atoms with Crippen molar-refractivity contribution < 1.29 is 18.3 Å². The summed E-state index contributed by atoms with van der Waals surface area (Å²) in [5.74, 6) is -1.08. The van der Waals surface area contributed by atoms with E-state index in [4.69, 9.17) is 0 Å². The first-order valence-corrected chi connectivity index (χ1v) is 10.3. The van der Waals surface area contributed by atoms with Gasteiger partial charge in [0.05, 0.1) is 5.57 Å². The fourth-order valence-electron chi connectivity index (χ4n) is 2.82. The fraction of sp³-hybridized carbons (Fsp3) is 0.278. The summed E-state index contributed by atoms with van der Waals surface area (Å²) in [5.41, 5.74) is 1.90. The summed E-state index contributed by atoms with van der Waals surface area (Å²) in [6.45, 7) is 2.99. The van der Waals surface area contributed by atoms with Gasteiger partial charge in [-0.3, -0.25) is 0 Å². The van der Waals surface area contributed by atoms with Gasteiger partial charge >= 0.3 is 5.97 Å². The monoisotopic (exact) mass is 377 g/mol. The second-order valence-electron chi connectivity index (χ2n) is 6.01. The number of nitrogens with zero attached hydrogens (tertiary/aromatic N) is 1. The van der Waals surface area contributed by atoms with Crippen LogP contribution >= 0.6 is 11.3 Å². The van der Waals surface area contributed by atoms with Gasteiger partial charge < -0.3 is 5.11 Å². The number of benzene rings is 1. The van der Waals surface area contributed by atoms with Crippen molar-refractivity contribution in [2.45, 2.75) is 24.0 Å². The first-order chi connectivity index (χ1) is 11.9. The highest BCUT2D eigenvalue weighted by molar-refractivity contribution is 7.91. The van der Waals surface area contributed by atoms with E-state index in [1.54, 1.807) is 12.1 Å². The summed E-state index contributed by atoms with van der Waals surface area (Å²) >= 11 is 1.01. The topological polar surface area (TPSA) is 74.7 Å². The van der Waals surface area contributed by atoms with Gasteiger partial charge in [0.25, 0.3) is 10.0 Å². The minimum Gasteiger partial charge on any atom is -0.478 e. The molecule has 0 saturated carbocycles. The number of carbonyl (C=O) groups is 1. The van der Waals surface area contributed by atoms with Crippen LogP contribution in [0.2, 0.25) is 0 Å². The van der Waals surface area contributed by atoms with E-state index in [2.05, 4.69) is 0 Å². The van der Waals surface area contributed by atoms with Crippen LogP contribution in [-0.4, -0.2) is 36.9 Å². The number of hydrogen-bond acceptors (Lipinski definition) is 4. The molecule has 132 valence electrons. The van der Waals surface area contributed by atoms with E-state index in [0.717, 1.165) is 35.3 Å². The summed E-state index contributed by atoms with van der Waals surface area (Å²) in [7, 11) is -3.52. The Morgan fingerprint density at radius 1 is 1.20 bits per heavy atom. The third kappa shape index (κ3) is 3.84. The van der Waals surface area contributed by atoms with Gasteiger partial charge in [0, 0.05) is 18.0 Å². The quantitative estimate of drug-likeness (QED) is 0.810. The highest BCUT2D eigenvalue weighted by Gasteiger charge is 2.29. The normalized spacial score (nSPS) is 16.3. The Kier molecular flexibility index (Phi) is 5.08. The van der Waals surface area contributed by atoms with Crippen LogP contribution in [-0.2, 0) is 14.8 Å². The van der Waals surface area contributed by atoms with Crippen LogP contribution in [0.4, 0.5) is 0 Å². The van der Waals surface area contributed by atoms with Crippen LogP contribution in [0.25, 0.3) is 11.6 Å². The maximum absolute atomic E-state index is 12.6. The van der Waals surface area contributed by atoms with E-state index in [0.29, 0.717) is 18.0 Å². The molecular formula is C18H19NO4S2. The molecule has 1 fully saturated rings. The zero-order chi connectivity index (χ0) is 18.0. The Balaban J connectivity index is 1.97. The molecule has 5 nitrogen and oxygen atoms in total. The van der Waals surface area contributed by atoms with Gasteiger partial charge in [-0.15, -0.1) is 11.3 Å². The van der Waals surface area contributed by atoms with Crippen molar-refractivity contribution in [2.24, 2.45) is 0 Å². The van der Waals surface area contributed by atoms with Gasteiger partial charge in [-0.2, -0.15) is 4.31 Å². The number of aryl methyl sites for hydroxylation is 1. The molecule has 1 aliphatic heterocycles. The molecule has 0 bridgehead atoms. The Bertz CT molecular complexity index is 922. The molecule has 1 N–H and O–H groups in total. The lowest BCUT2D eigenvalue weighted by Crippen LogP contribution is -2.27. The fourth-order valence-corrected chi connectivity index (χ4v) is 5.81. The van der Waals surface area contributed by atoms with Crippen molar-refractivity contribution in [2.75, 3.05) is 13.1 Å². The van der Waals surface area contributed by atoms with Crippen LogP contribution in [0.5, 0.6) is 0 Å². The average Bonchev–Trinajstić information content (AvgIpc) is 3.24. The van der Waals surface area contributed by atoms with Crippen LogP contribution in [0.15, 0.2) is 40.6 Å². The molecule has 1 aliphatic rings. The number of sulfonamides is 1. The molecule has 0 aliphatic carbocycles. The second kappa shape index (κ2) is 7.11. The van der Waals surface area contributed by atoms with Crippen molar-refractivity contribution in [3.63, 3.8) is 0 Å². The van der Waals surface area contributed by atoms with E-state index < -0.39 is 16.0 Å². The second-order valence-corrected chi connectivity index (χ2v) is 9.26. The Morgan fingerprint density at radius 3 is 2.56 bits per heavy atom. The first-order valence-electron chi connectivity index (χ1n) is 8.00. The number of hydrogen-bond donors (Lipinski definition) is 1. The van der Waals surface area contributed by atoms with Crippen molar-refractivity contribution in [3.05, 3.63) is 52.4 Å². The predicted molar refractivity (Wildman–Crippen MR) is 99.0 cm³/mol. The van der Waals surface area contributed by atoms with Crippen molar-refractivity contribution in [3.8, 4) is 0 Å². The third-order valence-electron chi connectivity index (χ3n) is 4.09. The molecule has 0 amide bonds. The molecule has 0 atom stereocenters. The molecule has 2 aromatic rings. The number of aliphatic carboxylic acids is 1. The summed E-state index contributed by atoms with van der Waals surface area (Å²) in [6.07, 6.45) is 3.31. The number of carboxylic acids is 1. The summed E-state index contributed by atoms with van der Waals surface area (Å²) in [5, 5.41) is 9.56. The van der Waals surface area contributed by atoms with E-state index in [-0.39, 0.29) is 9.78 Å². The van der Waals surface area contributed by atoms with Crippen LogP contribution < -0.4 is 0 Å². The Hall–Kier alpha value is -1.96. The standard InChI is InChI=1S/C18H19NO4S2/c1-13-5-4-6-14(11-13)12-15(18(20)21)16-7-8-17(24-16)25(22,23)19-9-2-3-10-19/h4-8,11-12H,2-3,9-10H2,1H3,(H,20,21)/b15-12+. The summed E-state index contributed by atoms with van der Waals surface area (Å²) in [6, 6.07) is 10.6.